The van der Waals surface area contributed by atoms with Gasteiger partial charge in [-0.1, -0.05) is 5.11 Å². The first kappa shape index (κ1) is 32.2. The molecular formula is C38H34N6O6+2. The SMILES string of the molecule is C[n+]1ccc(COc2ccc3c(c2)Oc2cc(OCc4cc[n+](C)cc4)ccc2C32OC(=O)c3ccc(C(=O)NCCCN=[N+]=[N-])cc32)cc1. The van der Waals surface area contributed by atoms with Crippen LogP contribution in [0.2, 0.25) is 0 Å². The molecule has 4 heterocycles. The highest BCUT2D eigenvalue weighted by Gasteiger charge is 2.54. The topological polar surface area (TPSA) is 140 Å². The summed E-state index contributed by atoms with van der Waals surface area (Å²) in [6.07, 6.45) is 8.31. The molecule has 0 radical (unpaired) electrons. The van der Waals surface area contributed by atoms with E-state index in [0.29, 0.717) is 77.0 Å². The second-order valence-corrected chi connectivity index (χ2v) is 12.1. The van der Waals surface area contributed by atoms with Gasteiger partial charge in [-0.3, -0.25) is 4.79 Å². The Hall–Kier alpha value is -6.39. The number of fused-ring (bicyclic) bond motifs is 6. The molecule has 1 spiro atoms. The van der Waals surface area contributed by atoms with Gasteiger partial charge < -0.3 is 24.3 Å². The van der Waals surface area contributed by atoms with Crippen LogP contribution in [-0.2, 0) is 37.6 Å². The maximum absolute atomic E-state index is 13.6. The Balaban J connectivity index is 1.26. The first-order valence-electron chi connectivity index (χ1n) is 16.1. The Morgan fingerprint density at radius 3 is 1.96 bits per heavy atom. The molecule has 12 nitrogen and oxygen atoms in total. The van der Waals surface area contributed by atoms with E-state index >= 15 is 0 Å². The molecule has 12 heteroatoms. The fraction of sp³-hybridized carbons (Fsp3) is 0.211. The van der Waals surface area contributed by atoms with E-state index in [1.165, 1.54) is 0 Å². The minimum absolute atomic E-state index is 0.269. The summed E-state index contributed by atoms with van der Waals surface area (Å²) in [6.45, 7) is 1.28. The van der Waals surface area contributed by atoms with E-state index in [1.807, 2.05) is 96.5 Å². The molecular weight excluding hydrogens is 636 g/mol. The first-order chi connectivity index (χ1) is 24.3. The lowest BCUT2D eigenvalue weighted by molar-refractivity contribution is -0.671. The highest BCUT2D eigenvalue weighted by Crippen LogP contribution is 2.57. The molecule has 0 atom stereocenters. The van der Waals surface area contributed by atoms with Crippen molar-refractivity contribution in [3.63, 3.8) is 0 Å². The maximum atomic E-state index is 13.6. The van der Waals surface area contributed by atoms with Gasteiger partial charge in [0.15, 0.2) is 30.4 Å². The number of azide groups is 1. The second kappa shape index (κ2) is 13.6. The number of hydrogen-bond acceptors (Lipinski definition) is 7. The van der Waals surface area contributed by atoms with Crippen molar-refractivity contribution in [1.29, 1.82) is 0 Å². The molecule has 0 aliphatic carbocycles. The van der Waals surface area contributed by atoms with Gasteiger partial charge in [0.25, 0.3) is 5.91 Å². The summed E-state index contributed by atoms with van der Waals surface area (Å²) in [5.41, 5.74) is 11.5. The molecule has 0 fully saturated rings. The summed E-state index contributed by atoms with van der Waals surface area (Å²) in [7, 11) is 3.91. The fourth-order valence-electron chi connectivity index (χ4n) is 6.09. The lowest BCUT2D eigenvalue weighted by atomic mass is 9.77. The van der Waals surface area contributed by atoms with E-state index in [2.05, 4.69) is 15.3 Å². The maximum Gasteiger partial charge on any atom is 0.340 e. The zero-order valence-corrected chi connectivity index (χ0v) is 27.5. The van der Waals surface area contributed by atoms with Crippen molar-refractivity contribution in [1.82, 2.24) is 5.32 Å². The minimum Gasteiger partial charge on any atom is -0.489 e. The molecule has 2 aromatic heterocycles. The smallest absolute Gasteiger partial charge is 0.340 e. The largest absolute Gasteiger partial charge is 0.489 e. The third kappa shape index (κ3) is 6.27. The Bertz CT molecular complexity index is 2050. The van der Waals surface area contributed by atoms with E-state index in [1.54, 1.807) is 30.3 Å². The molecule has 1 amide bonds. The monoisotopic (exact) mass is 670 g/mol. The number of hydrogen-bond donors (Lipinski definition) is 1. The van der Waals surface area contributed by atoms with Crippen LogP contribution in [0.15, 0.2) is 109 Å². The number of nitrogens with zero attached hydrogens (tertiary/aromatic N) is 5. The molecule has 0 saturated heterocycles. The second-order valence-electron chi connectivity index (χ2n) is 12.1. The number of rotatable bonds is 11. The molecule has 250 valence electrons. The highest BCUT2D eigenvalue weighted by atomic mass is 16.6. The molecule has 50 heavy (non-hydrogen) atoms. The van der Waals surface area contributed by atoms with Crippen molar-refractivity contribution in [2.75, 3.05) is 13.1 Å². The number of pyridine rings is 2. The molecule has 0 saturated carbocycles. The van der Waals surface area contributed by atoms with Crippen LogP contribution in [0.3, 0.4) is 0 Å². The quantitative estimate of drug-likeness (QED) is 0.0492. The highest BCUT2D eigenvalue weighted by molar-refractivity contribution is 6.00. The predicted molar refractivity (Wildman–Crippen MR) is 180 cm³/mol. The molecule has 0 unspecified atom stereocenters. The van der Waals surface area contributed by atoms with Crippen LogP contribution in [0.1, 0.15) is 55.0 Å². The van der Waals surface area contributed by atoms with Gasteiger partial charge >= 0.3 is 5.97 Å². The summed E-state index contributed by atoms with van der Waals surface area (Å²) in [5, 5.41) is 6.37. The predicted octanol–water partition coefficient (Wildman–Crippen LogP) is 5.49. The van der Waals surface area contributed by atoms with Crippen LogP contribution in [0.5, 0.6) is 23.0 Å². The van der Waals surface area contributed by atoms with E-state index < -0.39 is 11.6 Å². The van der Waals surface area contributed by atoms with Gasteiger partial charge in [0.1, 0.15) is 50.3 Å². The summed E-state index contributed by atoms with van der Waals surface area (Å²) in [6, 6.07) is 23.7. The fourth-order valence-corrected chi connectivity index (χ4v) is 6.09. The number of esters is 1. The molecule has 2 aliphatic heterocycles. The van der Waals surface area contributed by atoms with Crippen molar-refractivity contribution in [2.24, 2.45) is 19.2 Å². The van der Waals surface area contributed by atoms with Gasteiger partial charge in [-0.15, -0.1) is 0 Å². The number of benzene rings is 3. The lowest BCUT2D eigenvalue weighted by Crippen LogP contribution is -2.33. The van der Waals surface area contributed by atoms with Crippen LogP contribution in [0.4, 0.5) is 0 Å². The first-order valence-corrected chi connectivity index (χ1v) is 16.1. The molecule has 1 N–H and O–H groups in total. The number of carbonyl (C=O) groups is 2. The number of aromatic nitrogens is 2. The van der Waals surface area contributed by atoms with Gasteiger partial charge in [0, 0.05) is 87.8 Å². The summed E-state index contributed by atoms with van der Waals surface area (Å²) in [5.74, 6) is 1.17. The van der Waals surface area contributed by atoms with E-state index in [-0.39, 0.29) is 12.5 Å². The van der Waals surface area contributed by atoms with Gasteiger partial charge in [-0.2, -0.15) is 0 Å². The van der Waals surface area contributed by atoms with Crippen molar-refractivity contribution in [3.05, 3.63) is 153 Å². The van der Waals surface area contributed by atoms with Crippen LogP contribution in [0, 0.1) is 0 Å². The number of nitrogens with one attached hydrogen (secondary N) is 1. The summed E-state index contributed by atoms with van der Waals surface area (Å²) < 4.78 is 29.1. The zero-order chi connectivity index (χ0) is 34.7. The average molecular weight is 671 g/mol. The normalized spacial score (nSPS) is 13.2. The third-order valence-electron chi connectivity index (χ3n) is 8.70. The van der Waals surface area contributed by atoms with Gasteiger partial charge in [0.2, 0.25) is 0 Å². The Labute approximate surface area is 288 Å². The number of amides is 1. The Morgan fingerprint density at radius 1 is 0.820 bits per heavy atom. The Kier molecular flexibility index (Phi) is 8.76. The molecule has 2 aliphatic rings. The van der Waals surface area contributed by atoms with Crippen molar-refractivity contribution >= 4 is 11.9 Å². The molecule has 3 aromatic carbocycles. The minimum atomic E-state index is -1.41. The van der Waals surface area contributed by atoms with Gasteiger partial charge in [-0.25, -0.2) is 13.9 Å². The molecule has 5 aromatic rings. The molecule has 7 rings (SSSR count). The van der Waals surface area contributed by atoms with Crippen LogP contribution in [0.25, 0.3) is 10.4 Å². The van der Waals surface area contributed by atoms with Crippen LogP contribution in [-0.4, -0.2) is 25.0 Å². The average Bonchev–Trinajstić information content (AvgIpc) is 3.42. The molecule has 0 bridgehead atoms. The van der Waals surface area contributed by atoms with Crippen LogP contribution >= 0.6 is 0 Å². The standard InChI is InChI=1S/C38H33N6O6/c1-43-16-10-25(11-17-43)23-47-28-5-8-31-34(21-28)49-35-22-29(48-24-26-12-18-44(2)19-13-26)6-9-32(35)38(31)33-20-27(4-7-30(33)37(46)50-38)36(45)40-14-3-15-41-42-39/h4-13,16-22H,3,14-15,23-24H2,1-2H3/q+1/p+1. The van der Waals surface area contributed by atoms with Crippen molar-refractivity contribution in [3.8, 4) is 23.0 Å². The number of aryl methyl sites for hydroxylation is 2. The van der Waals surface area contributed by atoms with Crippen LogP contribution < -0.4 is 28.7 Å². The Morgan fingerprint density at radius 2 is 1.40 bits per heavy atom. The summed E-state index contributed by atoms with van der Waals surface area (Å²) in [4.78, 5) is 29.5. The van der Waals surface area contributed by atoms with E-state index in [0.717, 1.165) is 11.1 Å². The van der Waals surface area contributed by atoms with E-state index in [9.17, 15) is 9.59 Å². The van der Waals surface area contributed by atoms with Gasteiger partial charge in [-0.05, 0) is 54.4 Å². The van der Waals surface area contributed by atoms with Crippen molar-refractivity contribution < 1.29 is 37.7 Å². The number of carbonyl (C=O) groups excluding carboxylic acids is 2. The van der Waals surface area contributed by atoms with Crippen molar-refractivity contribution in [2.45, 2.75) is 25.2 Å². The summed E-state index contributed by atoms with van der Waals surface area (Å²) >= 11 is 0. The van der Waals surface area contributed by atoms with E-state index in [4.69, 9.17) is 24.5 Å². The third-order valence-corrected chi connectivity index (χ3v) is 8.70. The zero-order valence-electron chi connectivity index (χ0n) is 27.5. The number of ether oxygens (including phenoxy) is 4. The lowest BCUT2D eigenvalue weighted by Gasteiger charge is -2.36. The van der Waals surface area contributed by atoms with Gasteiger partial charge in [0.05, 0.1) is 5.56 Å².